The van der Waals surface area contributed by atoms with Crippen LogP contribution in [0, 0.1) is 11.3 Å². The van der Waals surface area contributed by atoms with E-state index in [-0.39, 0.29) is 22.5 Å². The van der Waals surface area contributed by atoms with Crippen LogP contribution in [0.5, 0.6) is 0 Å². The van der Waals surface area contributed by atoms with Crippen LogP contribution < -0.4 is 16.9 Å². The number of nitrogens with zero attached hydrogens (tertiary/aromatic N) is 3. The molecule has 0 atom stereocenters. The molecule has 2 aromatic rings. The molecule has 2 N–H and O–H groups in total. The molecular weight excluding hydrogens is 304 g/mol. The number of fused-ring (bicyclic) bond motifs is 3. The summed E-state index contributed by atoms with van der Waals surface area (Å²) in [6, 6.07) is 2.04. The zero-order chi connectivity index (χ0) is 17.4. The van der Waals surface area contributed by atoms with Gasteiger partial charge in [-0.2, -0.15) is 5.26 Å². The minimum Gasteiger partial charge on any atom is -0.384 e. The fourth-order valence-corrected chi connectivity index (χ4v) is 3.82. The maximum absolute atomic E-state index is 13.1. The van der Waals surface area contributed by atoms with Crippen molar-refractivity contribution in [2.75, 3.05) is 5.73 Å². The second-order valence-corrected chi connectivity index (χ2v) is 6.31. The fourth-order valence-electron chi connectivity index (χ4n) is 3.82. The Balaban J connectivity index is 2.58. The largest absolute Gasteiger partial charge is 0.384 e. The van der Waals surface area contributed by atoms with Crippen LogP contribution in [0.3, 0.4) is 0 Å². The van der Waals surface area contributed by atoms with Gasteiger partial charge in [0.25, 0.3) is 11.1 Å². The monoisotopic (exact) mass is 326 g/mol. The Hall–Kier alpha value is -2.55. The van der Waals surface area contributed by atoms with Gasteiger partial charge in [0.15, 0.2) is 0 Å². The molecule has 0 spiro atoms. The predicted molar refractivity (Wildman–Crippen MR) is 94.2 cm³/mol. The van der Waals surface area contributed by atoms with Crippen LogP contribution in [0.1, 0.15) is 49.9 Å². The minimum absolute atomic E-state index is 0.0616. The Morgan fingerprint density at radius 3 is 2.33 bits per heavy atom. The lowest BCUT2D eigenvalue weighted by atomic mass is 10.0. The van der Waals surface area contributed by atoms with Crippen molar-refractivity contribution in [2.24, 2.45) is 0 Å². The number of nitrogens with two attached hydrogens (primary N) is 1. The molecule has 1 aliphatic rings. The molecule has 0 radical (unpaired) electrons. The number of nitrogen functional groups attached to an aromatic ring is 1. The molecule has 2 aromatic heterocycles. The van der Waals surface area contributed by atoms with Crippen LogP contribution in [-0.2, 0) is 25.9 Å². The summed E-state index contributed by atoms with van der Waals surface area (Å²) >= 11 is 0. The zero-order valence-corrected chi connectivity index (χ0v) is 14.2. The van der Waals surface area contributed by atoms with Gasteiger partial charge in [-0.1, -0.05) is 13.8 Å². The molecule has 0 bridgehead atoms. The molecule has 6 nitrogen and oxygen atoms in total. The first-order valence-corrected chi connectivity index (χ1v) is 8.57. The van der Waals surface area contributed by atoms with Crippen LogP contribution in [-0.4, -0.2) is 9.13 Å². The Morgan fingerprint density at radius 1 is 1.04 bits per heavy atom. The van der Waals surface area contributed by atoms with Crippen molar-refractivity contribution < 1.29 is 0 Å². The van der Waals surface area contributed by atoms with Gasteiger partial charge in [0.2, 0.25) is 0 Å². The predicted octanol–water partition coefficient (Wildman–Crippen LogP) is 1.93. The summed E-state index contributed by atoms with van der Waals surface area (Å²) < 4.78 is 3.17. The standard InChI is InChI=1S/C18H22N4O2/c1-3-8-21-13-7-5-6-11(13)14-12(10-19)17(23)22(9-4-2)16(20)15(14)18(21)24/h3-9,20H2,1-2H3. The summed E-state index contributed by atoms with van der Waals surface area (Å²) in [4.78, 5) is 25.8. The van der Waals surface area contributed by atoms with Gasteiger partial charge in [-0.15, -0.1) is 0 Å². The van der Waals surface area contributed by atoms with Gasteiger partial charge in [-0.25, -0.2) is 0 Å². The highest BCUT2D eigenvalue weighted by atomic mass is 16.1. The number of hydrogen-bond donors (Lipinski definition) is 1. The molecule has 0 amide bonds. The van der Waals surface area contributed by atoms with Crippen molar-refractivity contribution in [3.8, 4) is 6.07 Å². The zero-order valence-electron chi connectivity index (χ0n) is 14.2. The van der Waals surface area contributed by atoms with Crippen LogP contribution in [0.25, 0.3) is 10.8 Å². The van der Waals surface area contributed by atoms with Gasteiger partial charge in [0.1, 0.15) is 17.5 Å². The first-order valence-electron chi connectivity index (χ1n) is 8.57. The Kier molecular flexibility index (Phi) is 4.18. The Labute approximate surface area is 140 Å². The number of aromatic nitrogens is 2. The van der Waals surface area contributed by atoms with E-state index in [9.17, 15) is 14.9 Å². The molecule has 1 aliphatic carbocycles. The number of aryl methyl sites for hydroxylation is 1. The number of anilines is 1. The summed E-state index contributed by atoms with van der Waals surface area (Å²) in [5, 5.41) is 10.4. The smallest absolute Gasteiger partial charge is 0.270 e. The lowest BCUT2D eigenvalue weighted by Gasteiger charge is -2.18. The van der Waals surface area contributed by atoms with Gasteiger partial charge in [0, 0.05) is 24.2 Å². The maximum atomic E-state index is 13.1. The van der Waals surface area contributed by atoms with Crippen molar-refractivity contribution in [3.05, 3.63) is 37.5 Å². The van der Waals surface area contributed by atoms with Crippen LogP contribution in [0.4, 0.5) is 5.82 Å². The molecule has 0 fully saturated rings. The normalized spacial score (nSPS) is 13.2. The second kappa shape index (κ2) is 6.16. The first-order chi connectivity index (χ1) is 11.6. The van der Waals surface area contributed by atoms with Crippen LogP contribution in [0.2, 0.25) is 0 Å². The van der Waals surface area contributed by atoms with Crippen molar-refractivity contribution in [2.45, 2.75) is 59.0 Å². The fraction of sp³-hybridized carbons (Fsp3) is 0.500. The lowest BCUT2D eigenvalue weighted by molar-refractivity contribution is 0.626. The first kappa shape index (κ1) is 16.3. The van der Waals surface area contributed by atoms with Gasteiger partial charge in [0.05, 0.1) is 5.39 Å². The van der Waals surface area contributed by atoms with Gasteiger partial charge >= 0.3 is 0 Å². The molecule has 0 saturated carbocycles. The van der Waals surface area contributed by atoms with E-state index in [1.54, 1.807) is 4.57 Å². The van der Waals surface area contributed by atoms with Gasteiger partial charge in [-0.05, 0) is 37.7 Å². The van der Waals surface area contributed by atoms with E-state index < -0.39 is 0 Å². The van der Waals surface area contributed by atoms with Crippen LogP contribution in [0.15, 0.2) is 9.59 Å². The second-order valence-electron chi connectivity index (χ2n) is 6.31. The molecular formula is C18H22N4O2. The SMILES string of the molecule is CCCn1c(N)c2c(=O)n(CCC)c3c(c2c(C#N)c1=O)CCC3. The Morgan fingerprint density at radius 2 is 1.71 bits per heavy atom. The third-order valence-electron chi connectivity index (χ3n) is 4.79. The molecule has 24 heavy (non-hydrogen) atoms. The minimum atomic E-state index is -0.383. The van der Waals surface area contributed by atoms with Gasteiger partial charge in [-0.3, -0.25) is 14.2 Å². The summed E-state index contributed by atoms with van der Waals surface area (Å²) in [5.74, 6) is 0.195. The average Bonchev–Trinajstić information content (AvgIpc) is 3.04. The molecule has 0 unspecified atom stereocenters. The highest BCUT2D eigenvalue weighted by Gasteiger charge is 2.26. The van der Waals surface area contributed by atoms with E-state index in [2.05, 4.69) is 0 Å². The van der Waals surface area contributed by atoms with Crippen molar-refractivity contribution in [1.29, 1.82) is 5.26 Å². The van der Waals surface area contributed by atoms with Gasteiger partial charge < -0.3 is 10.3 Å². The molecule has 2 heterocycles. The average molecular weight is 326 g/mol. The van der Waals surface area contributed by atoms with Crippen molar-refractivity contribution in [3.63, 3.8) is 0 Å². The van der Waals surface area contributed by atoms with E-state index in [0.29, 0.717) is 30.3 Å². The molecule has 0 aromatic carbocycles. The quantitative estimate of drug-likeness (QED) is 0.929. The maximum Gasteiger partial charge on any atom is 0.270 e. The third-order valence-corrected chi connectivity index (χ3v) is 4.79. The highest BCUT2D eigenvalue weighted by Crippen LogP contribution is 2.31. The highest BCUT2D eigenvalue weighted by molar-refractivity contribution is 5.97. The molecule has 6 heteroatoms. The number of nitriles is 1. The lowest BCUT2D eigenvalue weighted by Crippen LogP contribution is -2.31. The van der Waals surface area contributed by atoms with E-state index in [0.717, 1.165) is 36.9 Å². The summed E-state index contributed by atoms with van der Waals surface area (Å²) in [7, 11) is 0. The number of rotatable bonds is 4. The van der Waals surface area contributed by atoms with Crippen LogP contribution >= 0.6 is 0 Å². The van der Waals surface area contributed by atoms with E-state index in [4.69, 9.17) is 5.73 Å². The molecule has 0 saturated heterocycles. The summed E-state index contributed by atoms with van der Waals surface area (Å²) in [5.41, 5.74) is 7.66. The van der Waals surface area contributed by atoms with E-state index in [1.165, 1.54) is 4.57 Å². The van der Waals surface area contributed by atoms with Crippen molar-refractivity contribution >= 4 is 16.6 Å². The van der Waals surface area contributed by atoms with E-state index >= 15 is 0 Å². The topological polar surface area (TPSA) is 93.8 Å². The third kappa shape index (κ3) is 2.15. The molecule has 3 rings (SSSR count). The molecule has 126 valence electrons. The number of pyridine rings is 2. The Bertz CT molecular complexity index is 976. The summed E-state index contributed by atoms with van der Waals surface area (Å²) in [6.07, 6.45) is 4.07. The van der Waals surface area contributed by atoms with Crippen molar-refractivity contribution in [1.82, 2.24) is 9.13 Å². The number of hydrogen-bond acceptors (Lipinski definition) is 4. The summed E-state index contributed by atoms with van der Waals surface area (Å²) in [6.45, 7) is 4.99. The van der Waals surface area contributed by atoms with E-state index in [1.807, 2.05) is 19.9 Å². The molecule has 0 aliphatic heterocycles.